The van der Waals surface area contributed by atoms with Crippen molar-refractivity contribution >= 4 is 5.91 Å². The van der Waals surface area contributed by atoms with E-state index in [2.05, 4.69) is 0 Å². The summed E-state index contributed by atoms with van der Waals surface area (Å²) in [5, 5.41) is 0. The molecule has 72 valence electrons. The minimum absolute atomic E-state index is 0.162. The molecule has 1 rings (SSSR count). The predicted molar refractivity (Wildman–Crippen MR) is 47.3 cm³/mol. The molecule has 0 aromatic rings. The van der Waals surface area contributed by atoms with Crippen LogP contribution in [0.25, 0.3) is 0 Å². The highest BCUT2D eigenvalue weighted by molar-refractivity contribution is 5.82. The maximum absolute atomic E-state index is 11.0. The van der Waals surface area contributed by atoms with Gasteiger partial charge in [0, 0.05) is 7.05 Å². The van der Waals surface area contributed by atoms with Crippen LogP contribution in [0.3, 0.4) is 0 Å². The molecule has 1 fully saturated rings. The molecule has 1 amide bonds. The van der Waals surface area contributed by atoms with Crippen LogP contribution in [0.1, 0.15) is 27.7 Å². The molecule has 0 saturated carbocycles. The van der Waals surface area contributed by atoms with Crippen molar-refractivity contribution < 1.29 is 9.53 Å². The van der Waals surface area contributed by atoms with Crippen LogP contribution in [0.4, 0.5) is 0 Å². The minimum atomic E-state index is -0.778. The molecule has 1 heterocycles. The first kappa shape index (κ1) is 11.4. The smallest absolute Gasteiger partial charge is 0.268 e. The van der Waals surface area contributed by atoms with Gasteiger partial charge in [-0.05, 0) is 13.8 Å². The van der Waals surface area contributed by atoms with E-state index in [0.717, 1.165) is 0 Å². The van der Waals surface area contributed by atoms with Crippen molar-refractivity contribution in [1.29, 1.82) is 0 Å². The highest BCUT2D eigenvalue weighted by Gasteiger charge is 2.41. The van der Waals surface area contributed by atoms with Crippen LogP contribution in [-0.4, -0.2) is 29.8 Å². The summed E-state index contributed by atoms with van der Waals surface area (Å²) >= 11 is 0. The summed E-state index contributed by atoms with van der Waals surface area (Å²) in [4.78, 5) is 12.5. The third kappa shape index (κ3) is 1.95. The van der Waals surface area contributed by atoms with E-state index in [1.165, 1.54) is 4.90 Å². The van der Waals surface area contributed by atoms with E-state index in [0.29, 0.717) is 0 Å². The molecule has 1 unspecified atom stereocenters. The van der Waals surface area contributed by atoms with Gasteiger partial charge >= 0.3 is 0 Å². The Bertz CT molecular complexity index is 168. The maximum Gasteiger partial charge on any atom is 0.268 e. The van der Waals surface area contributed by atoms with E-state index in [9.17, 15) is 4.79 Å². The van der Waals surface area contributed by atoms with Crippen molar-refractivity contribution in [3.63, 3.8) is 0 Å². The van der Waals surface area contributed by atoms with Gasteiger partial charge in [0.05, 0.1) is 0 Å². The fraction of sp³-hybridized carbons (Fsp3) is 0.875. The Kier molecular flexibility index (Phi) is 3.67. The summed E-state index contributed by atoms with van der Waals surface area (Å²) in [6, 6.07) is 0. The SMILES string of the molecule is CC.CN1C(=O)C(N)OC1(C)C. The van der Waals surface area contributed by atoms with Gasteiger partial charge < -0.3 is 9.64 Å². The lowest BCUT2D eigenvalue weighted by molar-refractivity contribution is -0.129. The van der Waals surface area contributed by atoms with E-state index in [-0.39, 0.29) is 5.91 Å². The van der Waals surface area contributed by atoms with Gasteiger partial charge in [0.15, 0.2) is 6.23 Å². The molecule has 4 nitrogen and oxygen atoms in total. The molecule has 0 radical (unpaired) electrons. The Hall–Kier alpha value is -0.610. The van der Waals surface area contributed by atoms with Gasteiger partial charge in [-0.3, -0.25) is 10.5 Å². The topological polar surface area (TPSA) is 55.6 Å². The van der Waals surface area contributed by atoms with E-state index in [1.54, 1.807) is 20.9 Å². The molecule has 1 saturated heterocycles. The zero-order valence-corrected chi connectivity index (χ0v) is 8.42. The fourth-order valence-corrected chi connectivity index (χ4v) is 0.896. The van der Waals surface area contributed by atoms with E-state index < -0.39 is 12.0 Å². The van der Waals surface area contributed by atoms with Gasteiger partial charge in [0.25, 0.3) is 5.91 Å². The van der Waals surface area contributed by atoms with Crippen LogP contribution in [0.5, 0.6) is 0 Å². The second kappa shape index (κ2) is 3.87. The van der Waals surface area contributed by atoms with E-state index >= 15 is 0 Å². The Morgan fingerprint density at radius 1 is 1.50 bits per heavy atom. The summed E-state index contributed by atoms with van der Waals surface area (Å²) in [6.07, 6.45) is -0.778. The van der Waals surface area contributed by atoms with Crippen molar-refractivity contribution in [3.05, 3.63) is 0 Å². The van der Waals surface area contributed by atoms with E-state index in [4.69, 9.17) is 10.5 Å². The van der Waals surface area contributed by atoms with Crippen LogP contribution in [-0.2, 0) is 9.53 Å². The van der Waals surface area contributed by atoms with Crippen LogP contribution < -0.4 is 5.73 Å². The fourth-order valence-electron chi connectivity index (χ4n) is 0.896. The third-order valence-corrected chi connectivity index (χ3v) is 1.80. The van der Waals surface area contributed by atoms with Crippen LogP contribution in [0.2, 0.25) is 0 Å². The average molecular weight is 174 g/mol. The standard InChI is InChI=1S/C6H12N2O2.C2H6/c1-6(2)8(3)5(9)4(7)10-6;1-2/h4H,7H2,1-3H3;1-2H3. The van der Waals surface area contributed by atoms with Gasteiger partial charge in [0.2, 0.25) is 0 Å². The monoisotopic (exact) mass is 174 g/mol. The number of carbonyl (C=O) groups excluding carboxylic acids is 1. The molecule has 12 heavy (non-hydrogen) atoms. The summed E-state index contributed by atoms with van der Waals surface area (Å²) in [5.41, 5.74) is 4.79. The molecule has 1 atom stereocenters. The van der Waals surface area contributed by atoms with Crippen molar-refractivity contribution in [1.82, 2.24) is 4.90 Å². The molecular formula is C8H18N2O2. The summed E-state index contributed by atoms with van der Waals surface area (Å²) < 4.78 is 5.13. The third-order valence-electron chi connectivity index (χ3n) is 1.80. The summed E-state index contributed by atoms with van der Waals surface area (Å²) in [5.74, 6) is -0.162. The van der Waals surface area contributed by atoms with Crippen molar-refractivity contribution in [2.45, 2.75) is 39.6 Å². The first-order valence-corrected chi connectivity index (χ1v) is 4.16. The highest BCUT2D eigenvalue weighted by Crippen LogP contribution is 2.22. The molecule has 0 aromatic carbocycles. The molecule has 2 N–H and O–H groups in total. The molecule has 1 aliphatic rings. The molecule has 1 aliphatic heterocycles. The molecular weight excluding hydrogens is 156 g/mol. The number of amides is 1. The zero-order valence-electron chi connectivity index (χ0n) is 8.42. The lowest BCUT2D eigenvalue weighted by Gasteiger charge is -2.25. The largest absolute Gasteiger partial charge is 0.329 e. The lowest BCUT2D eigenvalue weighted by atomic mass is 10.3. The first-order valence-electron chi connectivity index (χ1n) is 4.16. The maximum atomic E-state index is 11.0. The van der Waals surface area contributed by atoms with Gasteiger partial charge in [0.1, 0.15) is 5.72 Å². The quantitative estimate of drug-likeness (QED) is 0.582. The number of rotatable bonds is 0. The molecule has 0 bridgehead atoms. The van der Waals surface area contributed by atoms with Gasteiger partial charge in [-0.25, -0.2) is 0 Å². The number of ether oxygens (including phenoxy) is 1. The Morgan fingerprint density at radius 3 is 2.00 bits per heavy atom. The Morgan fingerprint density at radius 2 is 1.92 bits per heavy atom. The number of nitrogens with zero attached hydrogens (tertiary/aromatic N) is 1. The Labute approximate surface area is 73.7 Å². The molecule has 4 heteroatoms. The highest BCUT2D eigenvalue weighted by atomic mass is 16.6. The zero-order chi connectivity index (χ0) is 9.94. The molecule has 0 spiro atoms. The van der Waals surface area contributed by atoms with Crippen molar-refractivity contribution in [2.24, 2.45) is 5.73 Å². The van der Waals surface area contributed by atoms with Crippen LogP contribution in [0.15, 0.2) is 0 Å². The Balaban J connectivity index is 0.000000561. The summed E-state index contributed by atoms with van der Waals surface area (Å²) in [6.45, 7) is 7.61. The minimum Gasteiger partial charge on any atom is -0.329 e. The molecule has 0 aliphatic carbocycles. The van der Waals surface area contributed by atoms with Crippen molar-refractivity contribution in [2.75, 3.05) is 7.05 Å². The lowest BCUT2D eigenvalue weighted by Crippen LogP contribution is -2.38. The number of carbonyl (C=O) groups is 1. The van der Waals surface area contributed by atoms with Gasteiger partial charge in [-0.1, -0.05) is 13.8 Å². The van der Waals surface area contributed by atoms with Crippen LogP contribution in [0, 0.1) is 0 Å². The normalized spacial score (nSPS) is 26.7. The number of hydrogen-bond donors (Lipinski definition) is 1. The number of hydrogen-bond acceptors (Lipinski definition) is 3. The van der Waals surface area contributed by atoms with Crippen molar-refractivity contribution in [3.8, 4) is 0 Å². The first-order chi connectivity index (χ1) is 5.45. The predicted octanol–water partition coefficient (Wildman–Crippen LogP) is 0.522. The van der Waals surface area contributed by atoms with E-state index in [1.807, 2.05) is 13.8 Å². The van der Waals surface area contributed by atoms with Gasteiger partial charge in [-0.2, -0.15) is 0 Å². The summed E-state index contributed by atoms with van der Waals surface area (Å²) in [7, 11) is 1.68. The average Bonchev–Trinajstić information content (AvgIpc) is 2.19. The molecule has 0 aromatic heterocycles. The number of nitrogens with two attached hydrogens (primary N) is 1. The second-order valence-corrected chi connectivity index (χ2v) is 2.88. The van der Waals surface area contributed by atoms with Crippen LogP contribution >= 0.6 is 0 Å². The number of likely N-dealkylation sites (N-methyl/N-ethyl adjacent to an activating group) is 1. The van der Waals surface area contributed by atoms with Gasteiger partial charge in [-0.15, -0.1) is 0 Å². The second-order valence-electron chi connectivity index (χ2n) is 2.88.